The second kappa shape index (κ2) is 6.02. The summed E-state index contributed by atoms with van der Waals surface area (Å²) in [5, 5.41) is 21.3. The van der Waals surface area contributed by atoms with Crippen LogP contribution in [-0.2, 0) is 0 Å². The first kappa shape index (κ1) is 13.8. The van der Waals surface area contributed by atoms with Crippen molar-refractivity contribution in [3.05, 3.63) is 68.8 Å². The molecule has 0 spiro atoms. The number of hydrogen-bond donors (Lipinski definition) is 0. The van der Waals surface area contributed by atoms with Crippen LogP contribution in [0.3, 0.4) is 0 Å². The van der Waals surface area contributed by atoms with Gasteiger partial charge < -0.3 is 4.18 Å². The van der Waals surface area contributed by atoms with Crippen LogP contribution in [0.15, 0.2) is 53.4 Å². The van der Waals surface area contributed by atoms with Crippen molar-refractivity contribution >= 4 is 23.4 Å². The Morgan fingerprint density at radius 2 is 1.55 bits per heavy atom. The SMILES string of the molecule is O=[N+]([O-])c1ccc(OSc2ccccc2[N+](=O)[O-])cc1. The lowest BCUT2D eigenvalue weighted by Crippen LogP contribution is -1.92. The van der Waals surface area contributed by atoms with Crippen LogP contribution in [0.1, 0.15) is 0 Å². The standard InChI is InChI=1S/C12H8N2O5S/c15-13(16)9-5-7-10(8-6-9)19-20-12-4-2-1-3-11(12)14(17)18/h1-8H. The highest BCUT2D eigenvalue weighted by molar-refractivity contribution is 7.95. The summed E-state index contributed by atoms with van der Waals surface area (Å²) in [6.45, 7) is 0. The maximum atomic E-state index is 10.8. The van der Waals surface area contributed by atoms with E-state index in [1.54, 1.807) is 18.2 Å². The zero-order valence-electron chi connectivity index (χ0n) is 9.96. The molecule has 0 bridgehead atoms. The average Bonchev–Trinajstić information content (AvgIpc) is 2.45. The van der Waals surface area contributed by atoms with Crippen molar-refractivity contribution < 1.29 is 14.0 Å². The van der Waals surface area contributed by atoms with Gasteiger partial charge in [-0.25, -0.2) is 0 Å². The highest BCUT2D eigenvalue weighted by Gasteiger charge is 2.14. The van der Waals surface area contributed by atoms with Gasteiger partial charge in [-0.1, -0.05) is 12.1 Å². The highest BCUT2D eigenvalue weighted by Crippen LogP contribution is 2.31. The van der Waals surface area contributed by atoms with Gasteiger partial charge in [-0.15, -0.1) is 0 Å². The molecule has 0 aliphatic rings. The summed E-state index contributed by atoms with van der Waals surface area (Å²) in [7, 11) is 0. The monoisotopic (exact) mass is 292 g/mol. The third-order valence-electron chi connectivity index (χ3n) is 2.34. The van der Waals surface area contributed by atoms with E-state index in [9.17, 15) is 20.2 Å². The number of nitro groups is 2. The predicted octanol–water partition coefficient (Wildman–Crippen LogP) is 3.59. The van der Waals surface area contributed by atoms with Gasteiger partial charge in [0, 0.05) is 18.2 Å². The topological polar surface area (TPSA) is 95.5 Å². The van der Waals surface area contributed by atoms with Crippen molar-refractivity contribution in [1.29, 1.82) is 0 Å². The third kappa shape index (κ3) is 3.23. The normalized spacial score (nSPS) is 10.0. The summed E-state index contributed by atoms with van der Waals surface area (Å²) in [5.41, 5.74) is -0.104. The van der Waals surface area contributed by atoms with E-state index in [2.05, 4.69) is 0 Å². The molecule has 0 fully saturated rings. The van der Waals surface area contributed by atoms with Crippen LogP contribution >= 0.6 is 12.0 Å². The molecule has 7 nitrogen and oxygen atoms in total. The quantitative estimate of drug-likeness (QED) is 0.474. The average molecular weight is 292 g/mol. The van der Waals surface area contributed by atoms with Crippen molar-refractivity contribution in [1.82, 2.24) is 0 Å². The molecule has 0 saturated carbocycles. The van der Waals surface area contributed by atoms with Crippen LogP contribution in [0.25, 0.3) is 0 Å². The smallest absolute Gasteiger partial charge is 0.286 e. The highest BCUT2D eigenvalue weighted by atomic mass is 32.2. The second-order valence-corrected chi connectivity index (χ2v) is 4.42. The second-order valence-electron chi connectivity index (χ2n) is 3.64. The zero-order valence-corrected chi connectivity index (χ0v) is 10.8. The summed E-state index contributed by atoms with van der Waals surface area (Å²) >= 11 is 0.831. The Morgan fingerprint density at radius 3 is 2.15 bits per heavy atom. The van der Waals surface area contributed by atoms with E-state index >= 15 is 0 Å². The van der Waals surface area contributed by atoms with Crippen LogP contribution in [0, 0.1) is 20.2 Å². The molecule has 0 aromatic heterocycles. The molecule has 0 radical (unpaired) electrons. The minimum atomic E-state index is -0.515. The fraction of sp³-hybridized carbons (Fsp3) is 0. The van der Waals surface area contributed by atoms with Crippen molar-refractivity contribution in [2.24, 2.45) is 0 Å². The number of nitro benzene ring substituents is 2. The largest absolute Gasteiger partial charge is 0.420 e. The van der Waals surface area contributed by atoms with Crippen LogP contribution < -0.4 is 4.18 Å². The molecule has 0 saturated heterocycles. The van der Waals surface area contributed by atoms with Gasteiger partial charge in [-0.3, -0.25) is 20.2 Å². The van der Waals surface area contributed by atoms with Crippen LogP contribution in [0.5, 0.6) is 5.75 Å². The molecule has 2 aromatic carbocycles. The summed E-state index contributed by atoms with van der Waals surface area (Å²) in [6, 6.07) is 11.6. The lowest BCUT2D eigenvalue weighted by molar-refractivity contribution is -0.387. The molecule has 0 amide bonds. The van der Waals surface area contributed by atoms with E-state index in [1.807, 2.05) is 0 Å². The Bertz CT molecular complexity index is 645. The van der Waals surface area contributed by atoms with Crippen molar-refractivity contribution in [3.63, 3.8) is 0 Å². The van der Waals surface area contributed by atoms with Crippen LogP contribution in [0.2, 0.25) is 0 Å². The Hall–Kier alpha value is -2.61. The first-order chi connectivity index (χ1) is 9.58. The van der Waals surface area contributed by atoms with E-state index in [1.165, 1.54) is 30.3 Å². The Balaban J connectivity index is 2.09. The van der Waals surface area contributed by atoms with Gasteiger partial charge in [0.15, 0.2) is 0 Å². The molecule has 0 aliphatic heterocycles. The fourth-order valence-corrected chi connectivity index (χ4v) is 2.05. The minimum Gasteiger partial charge on any atom is -0.420 e. The van der Waals surface area contributed by atoms with Gasteiger partial charge in [-0.05, 0) is 18.2 Å². The van der Waals surface area contributed by atoms with E-state index in [-0.39, 0.29) is 11.4 Å². The van der Waals surface area contributed by atoms with E-state index in [0.717, 1.165) is 12.0 Å². The maximum absolute atomic E-state index is 10.8. The third-order valence-corrected chi connectivity index (χ3v) is 3.14. The number of nitrogens with zero attached hydrogens (tertiary/aromatic N) is 2. The molecular weight excluding hydrogens is 284 g/mol. The summed E-state index contributed by atoms with van der Waals surface area (Å²) in [4.78, 5) is 20.7. The lowest BCUT2D eigenvalue weighted by atomic mass is 10.3. The first-order valence-electron chi connectivity index (χ1n) is 5.40. The number of rotatable bonds is 5. The maximum Gasteiger partial charge on any atom is 0.286 e. The van der Waals surface area contributed by atoms with Gasteiger partial charge in [0.2, 0.25) is 0 Å². The van der Waals surface area contributed by atoms with Crippen molar-refractivity contribution in [2.75, 3.05) is 0 Å². The zero-order chi connectivity index (χ0) is 14.5. The van der Waals surface area contributed by atoms with E-state index in [0.29, 0.717) is 10.6 Å². The molecule has 0 unspecified atom stereocenters. The van der Waals surface area contributed by atoms with Crippen LogP contribution in [0.4, 0.5) is 11.4 Å². The number of non-ortho nitro benzene ring substituents is 1. The molecule has 8 heteroatoms. The first-order valence-corrected chi connectivity index (χ1v) is 6.14. The molecule has 0 aliphatic carbocycles. The number of benzene rings is 2. The Kier molecular flexibility index (Phi) is 4.16. The van der Waals surface area contributed by atoms with Gasteiger partial charge >= 0.3 is 0 Å². The molecule has 0 atom stereocenters. The molecule has 20 heavy (non-hydrogen) atoms. The molecular formula is C12H8N2O5S. The van der Waals surface area contributed by atoms with Gasteiger partial charge in [-0.2, -0.15) is 0 Å². The van der Waals surface area contributed by atoms with Crippen LogP contribution in [-0.4, -0.2) is 9.85 Å². The molecule has 0 heterocycles. The Labute approximate surface area is 117 Å². The van der Waals surface area contributed by atoms with E-state index in [4.69, 9.17) is 4.18 Å². The minimum absolute atomic E-state index is 0.0481. The molecule has 0 N–H and O–H groups in total. The fourth-order valence-electron chi connectivity index (χ4n) is 1.39. The summed E-state index contributed by atoms with van der Waals surface area (Å²) in [6.07, 6.45) is 0. The number of para-hydroxylation sites is 1. The Morgan fingerprint density at radius 1 is 0.900 bits per heavy atom. The van der Waals surface area contributed by atoms with Crippen molar-refractivity contribution in [3.8, 4) is 5.75 Å². The van der Waals surface area contributed by atoms with Gasteiger partial charge in [0.05, 0.1) is 21.9 Å². The molecule has 2 rings (SSSR count). The van der Waals surface area contributed by atoms with E-state index < -0.39 is 9.85 Å². The number of hydrogen-bond acceptors (Lipinski definition) is 6. The lowest BCUT2D eigenvalue weighted by Gasteiger charge is -2.04. The predicted molar refractivity (Wildman–Crippen MR) is 72.7 cm³/mol. The molecule has 102 valence electrons. The van der Waals surface area contributed by atoms with Gasteiger partial charge in [0.1, 0.15) is 10.6 Å². The summed E-state index contributed by atoms with van der Waals surface area (Å²) < 4.78 is 5.31. The summed E-state index contributed by atoms with van der Waals surface area (Å²) in [5.74, 6) is 0.374. The van der Waals surface area contributed by atoms with Crippen molar-refractivity contribution in [2.45, 2.75) is 4.90 Å². The molecule has 2 aromatic rings. The van der Waals surface area contributed by atoms with Gasteiger partial charge in [0.25, 0.3) is 11.4 Å².